The second-order valence-corrected chi connectivity index (χ2v) is 9.50. The molecule has 0 atom stereocenters. The first-order chi connectivity index (χ1) is 16.4. The third kappa shape index (κ3) is 5.90. The molecule has 1 fully saturated rings. The van der Waals surface area contributed by atoms with E-state index in [0.29, 0.717) is 27.8 Å². The Morgan fingerprint density at radius 2 is 1.71 bits per heavy atom. The normalized spacial score (nSPS) is 17.7. The van der Waals surface area contributed by atoms with Gasteiger partial charge in [0.1, 0.15) is 5.82 Å². The molecule has 0 saturated heterocycles. The number of amides is 2. The average molecular weight is 524 g/mol. The van der Waals surface area contributed by atoms with E-state index in [1.807, 2.05) is 47.4 Å². The van der Waals surface area contributed by atoms with Crippen LogP contribution in [0.15, 0.2) is 77.3 Å². The molecular weight excluding hydrogens is 497 g/mol. The zero-order valence-corrected chi connectivity index (χ0v) is 20.3. The number of carbonyl (C=O) groups is 2. The van der Waals surface area contributed by atoms with Gasteiger partial charge in [0.15, 0.2) is 0 Å². The summed E-state index contributed by atoms with van der Waals surface area (Å²) in [6, 6.07) is 20.7. The van der Waals surface area contributed by atoms with Crippen LogP contribution in [0.25, 0.3) is 0 Å². The summed E-state index contributed by atoms with van der Waals surface area (Å²) in [5, 5.41) is 2.93. The highest BCUT2D eigenvalue weighted by Gasteiger charge is 2.29. The molecule has 0 spiro atoms. The third-order valence-corrected chi connectivity index (χ3v) is 6.86. The lowest BCUT2D eigenvalue weighted by Crippen LogP contribution is -2.43. The van der Waals surface area contributed by atoms with Gasteiger partial charge in [-0.1, -0.05) is 30.3 Å². The number of nitrogens with one attached hydrogen (secondary N) is 1. The van der Waals surface area contributed by atoms with Gasteiger partial charge < -0.3 is 16.0 Å². The van der Waals surface area contributed by atoms with Gasteiger partial charge in [0.2, 0.25) is 0 Å². The minimum atomic E-state index is -0.437. The van der Waals surface area contributed by atoms with Crippen molar-refractivity contribution in [3.05, 3.63) is 99.8 Å². The summed E-state index contributed by atoms with van der Waals surface area (Å²) in [5.74, 6) is -0.866. The van der Waals surface area contributed by atoms with Gasteiger partial charge in [-0.3, -0.25) is 9.59 Å². The predicted molar refractivity (Wildman–Crippen MR) is 135 cm³/mol. The number of nitrogens with zero attached hydrogens (tertiary/aromatic N) is 1. The summed E-state index contributed by atoms with van der Waals surface area (Å²) in [4.78, 5) is 28.0. The first-order valence-electron chi connectivity index (χ1n) is 11.4. The molecule has 0 unspecified atom stereocenters. The molecule has 176 valence electrons. The zero-order chi connectivity index (χ0) is 24.1. The van der Waals surface area contributed by atoms with E-state index < -0.39 is 5.82 Å². The van der Waals surface area contributed by atoms with E-state index in [9.17, 15) is 14.0 Å². The topological polar surface area (TPSA) is 75.4 Å². The lowest BCUT2D eigenvalue weighted by atomic mass is 9.90. The van der Waals surface area contributed by atoms with Crippen molar-refractivity contribution in [1.82, 2.24) is 4.90 Å². The SMILES string of the molecule is NC1CCC(N(Cc2cccc(NC(=O)c3ccccc3Br)c2)C(=O)c2cccc(F)c2)CC1. The number of rotatable bonds is 6. The Bertz CT molecular complexity index is 1180. The van der Waals surface area contributed by atoms with Crippen molar-refractivity contribution in [2.75, 3.05) is 5.32 Å². The molecule has 1 aliphatic carbocycles. The number of benzene rings is 3. The van der Waals surface area contributed by atoms with Crippen LogP contribution in [0.2, 0.25) is 0 Å². The van der Waals surface area contributed by atoms with Gasteiger partial charge in [0.25, 0.3) is 11.8 Å². The quantitative estimate of drug-likeness (QED) is 0.431. The standard InChI is InChI=1S/C27H27BrFN3O2/c28-25-10-2-1-9-24(25)26(33)31-22-8-3-5-18(15-22)17-32(23-13-11-21(30)12-14-23)27(34)19-6-4-7-20(29)16-19/h1-10,15-16,21,23H,11-14,17,30H2,(H,31,33). The van der Waals surface area contributed by atoms with Gasteiger partial charge >= 0.3 is 0 Å². The zero-order valence-electron chi connectivity index (χ0n) is 18.7. The van der Waals surface area contributed by atoms with Crippen molar-refractivity contribution in [3.8, 4) is 0 Å². The van der Waals surface area contributed by atoms with E-state index in [4.69, 9.17) is 5.73 Å². The van der Waals surface area contributed by atoms with Crippen LogP contribution in [0.3, 0.4) is 0 Å². The molecule has 7 heteroatoms. The van der Waals surface area contributed by atoms with Crippen molar-refractivity contribution in [1.29, 1.82) is 0 Å². The maximum absolute atomic E-state index is 13.8. The second kappa shape index (κ2) is 10.9. The Hall–Kier alpha value is -3.03. The van der Waals surface area contributed by atoms with Gasteiger partial charge in [0, 0.05) is 34.4 Å². The summed E-state index contributed by atoms with van der Waals surface area (Å²) in [6.07, 6.45) is 3.31. The molecule has 34 heavy (non-hydrogen) atoms. The lowest BCUT2D eigenvalue weighted by molar-refractivity contribution is 0.0605. The monoisotopic (exact) mass is 523 g/mol. The summed E-state index contributed by atoms with van der Waals surface area (Å²) >= 11 is 3.41. The lowest BCUT2D eigenvalue weighted by Gasteiger charge is -2.36. The van der Waals surface area contributed by atoms with Gasteiger partial charge in [0.05, 0.1) is 5.56 Å². The summed E-state index contributed by atoms with van der Waals surface area (Å²) in [7, 11) is 0. The Morgan fingerprint density at radius 1 is 0.971 bits per heavy atom. The van der Waals surface area contributed by atoms with Crippen LogP contribution in [0.5, 0.6) is 0 Å². The van der Waals surface area contributed by atoms with Crippen molar-refractivity contribution in [2.45, 2.75) is 44.3 Å². The first kappa shape index (κ1) is 24.1. The average Bonchev–Trinajstić information content (AvgIpc) is 2.83. The van der Waals surface area contributed by atoms with Crippen molar-refractivity contribution in [2.24, 2.45) is 5.73 Å². The molecule has 3 N–H and O–H groups in total. The van der Waals surface area contributed by atoms with E-state index in [1.54, 1.807) is 18.2 Å². The van der Waals surface area contributed by atoms with Gasteiger partial charge in [-0.2, -0.15) is 0 Å². The molecule has 3 aromatic rings. The molecule has 3 aromatic carbocycles. The molecule has 0 heterocycles. The summed E-state index contributed by atoms with van der Waals surface area (Å²) in [5.41, 5.74) is 8.47. The fourth-order valence-electron chi connectivity index (χ4n) is 4.36. The molecular formula is C27H27BrFN3O2. The molecule has 0 radical (unpaired) electrons. The number of anilines is 1. The molecule has 4 rings (SSSR count). The molecule has 1 saturated carbocycles. The minimum Gasteiger partial charge on any atom is -0.331 e. The third-order valence-electron chi connectivity index (χ3n) is 6.17. The highest BCUT2D eigenvalue weighted by atomic mass is 79.9. The van der Waals surface area contributed by atoms with Crippen LogP contribution in [0.1, 0.15) is 52.0 Å². The van der Waals surface area contributed by atoms with E-state index in [2.05, 4.69) is 21.2 Å². The Kier molecular flexibility index (Phi) is 7.75. The fourth-order valence-corrected chi connectivity index (χ4v) is 4.82. The molecule has 2 amide bonds. The van der Waals surface area contributed by atoms with Crippen LogP contribution >= 0.6 is 15.9 Å². The number of halogens is 2. The van der Waals surface area contributed by atoms with E-state index >= 15 is 0 Å². The van der Waals surface area contributed by atoms with Crippen molar-refractivity contribution >= 4 is 33.4 Å². The predicted octanol–water partition coefficient (Wildman–Crippen LogP) is 5.75. The highest BCUT2D eigenvalue weighted by Crippen LogP contribution is 2.26. The molecule has 1 aliphatic rings. The maximum Gasteiger partial charge on any atom is 0.256 e. The first-order valence-corrected chi connectivity index (χ1v) is 12.2. The number of hydrogen-bond acceptors (Lipinski definition) is 3. The fraction of sp³-hybridized carbons (Fsp3) is 0.259. The van der Waals surface area contributed by atoms with Crippen molar-refractivity contribution in [3.63, 3.8) is 0 Å². The Labute approximate surface area is 207 Å². The van der Waals surface area contributed by atoms with E-state index in [-0.39, 0.29) is 23.9 Å². The van der Waals surface area contributed by atoms with Crippen LogP contribution in [-0.4, -0.2) is 28.8 Å². The largest absolute Gasteiger partial charge is 0.331 e. The van der Waals surface area contributed by atoms with Gasteiger partial charge in [-0.05, 0) is 89.6 Å². The summed E-state index contributed by atoms with van der Waals surface area (Å²) < 4.78 is 14.5. The second-order valence-electron chi connectivity index (χ2n) is 8.65. The van der Waals surface area contributed by atoms with Gasteiger partial charge in [-0.25, -0.2) is 4.39 Å². The van der Waals surface area contributed by atoms with Crippen LogP contribution < -0.4 is 11.1 Å². The summed E-state index contributed by atoms with van der Waals surface area (Å²) in [6.45, 7) is 0.355. The Balaban J connectivity index is 1.55. The number of carbonyl (C=O) groups excluding carboxylic acids is 2. The highest BCUT2D eigenvalue weighted by molar-refractivity contribution is 9.10. The molecule has 0 aromatic heterocycles. The van der Waals surface area contributed by atoms with E-state index in [0.717, 1.165) is 31.2 Å². The Morgan fingerprint density at radius 3 is 2.44 bits per heavy atom. The van der Waals surface area contributed by atoms with Gasteiger partial charge in [-0.15, -0.1) is 0 Å². The smallest absolute Gasteiger partial charge is 0.256 e. The molecule has 0 aliphatic heterocycles. The van der Waals surface area contributed by atoms with Crippen LogP contribution in [0.4, 0.5) is 10.1 Å². The minimum absolute atomic E-state index is 0.0223. The van der Waals surface area contributed by atoms with Crippen LogP contribution in [-0.2, 0) is 6.54 Å². The maximum atomic E-state index is 13.8. The molecule has 5 nitrogen and oxygen atoms in total. The number of hydrogen-bond donors (Lipinski definition) is 2. The van der Waals surface area contributed by atoms with Crippen molar-refractivity contribution < 1.29 is 14.0 Å². The molecule has 0 bridgehead atoms. The number of nitrogens with two attached hydrogens (primary N) is 1. The van der Waals surface area contributed by atoms with Crippen LogP contribution in [0, 0.1) is 5.82 Å². The van der Waals surface area contributed by atoms with E-state index in [1.165, 1.54) is 12.1 Å².